The number of rotatable bonds is 6. The molecule has 0 aliphatic heterocycles. The number of anilines is 1. The number of amides is 1. The molecule has 0 aliphatic carbocycles. The van der Waals surface area contributed by atoms with Crippen LogP contribution in [0.3, 0.4) is 0 Å². The van der Waals surface area contributed by atoms with Gasteiger partial charge >= 0.3 is 11.9 Å². The van der Waals surface area contributed by atoms with Crippen LogP contribution in [-0.4, -0.2) is 30.6 Å². The van der Waals surface area contributed by atoms with Crippen LogP contribution in [0.1, 0.15) is 56.7 Å². The number of fused-ring (bicyclic) bond motifs is 1. The third-order valence-corrected chi connectivity index (χ3v) is 5.60. The van der Waals surface area contributed by atoms with Gasteiger partial charge in [-0.3, -0.25) is 4.79 Å². The van der Waals surface area contributed by atoms with Gasteiger partial charge in [-0.1, -0.05) is 36.4 Å². The van der Waals surface area contributed by atoms with Gasteiger partial charge in [-0.15, -0.1) is 11.3 Å². The molecule has 156 valence electrons. The van der Waals surface area contributed by atoms with Crippen LogP contribution in [-0.2, 0) is 9.47 Å². The van der Waals surface area contributed by atoms with E-state index in [1.54, 1.807) is 39.8 Å². The predicted molar refractivity (Wildman–Crippen MR) is 117 cm³/mol. The second kappa shape index (κ2) is 9.09. The fraction of sp³-hybridized carbons (Fsp3) is 0.261. The van der Waals surface area contributed by atoms with E-state index in [9.17, 15) is 14.4 Å². The molecular weight excluding hydrogens is 402 g/mol. The molecule has 6 nitrogen and oxygen atoms in total. The van der Waals surface area contributed by atoms with Crippen LogP contribution in [0, 0.1) is 6.92 Å². The second-order valence-corrected chi connectivity index (χ2v) is 7.94. The molecule has 3 aromatic rings. The first kappa shape index (κ1) is 21.5. The van der Waals surface area contributed by atoms with Crippen molar-refractivity contribution in [2.45, 2.75) is 33.8 Å². The lowest BCUT2D eigenvalue weighted by molar-refractivity contribution is 0.0383. The summed E-state index contributed by atoms with van der Waals surface area (Å²) in [6.45, 7) is 7.01. The fourth-order valence-corrected chi connectivity index (χ4v) is 4.18. The molecule has 30 heavy (non-hydrogen) atoms. The zero-order chi connectivity index (χ0) is 21.8. The van der Waals surface area contributed by atoms with Crippen LogP contribution >= 0.6 is 11.3 Å². The van der Waals surface area contributed by atoms with E-state index in [0.717, 1.165) is 22.1 Å². The summed E-state index contributed by atoms with van der Waals surface area (Å²) in [5, 5.41) is 4.79. The van der Waals surface area contributed by atoms with Crippen molar-refractivity contribution in [2.75, 3.05) is 11.9 Å². The molecule has 0 atom stereocenters. The van der Waals surface area contributed by atoms with E-state index in [4.69, 9.17) is 9.47 Å². The Morgan fingerprint density at radius 3 is 2.43 bits per heavy atom. The number of carbonyl (C=O) groups is 3. The number of hydrogen-bond donors (Lipinski definition) is 1. The fourth-order valence-electron chi connectivity index (χ4n) is 3.11. The number of nitrogens with one attached hydrogen (secondary N) is 1. The highest BCUT2D eigenvalue weighted by Gasteiger charge is 2.28. The Kier molecular flexibility index (Phi) is 6.52. The summed E-state index contributed by atoms with van der Waals surface area (Å²) < 4.78 is 10.4. The van der Waals surface area contributed by atoms with Gasteiger partial charge in [0.05, 0.1) is 18.3 Å². The monoisotopic (exact) mass is 425 g/mol. The number of hydrogen-bond acceptors (Lipinski definition) is 6. The lowest BCUT2D eigenvalue weighted by Gasteiger charge is -2.09. The minimum absolute atomic E-state index is 0.172. The molecule has 0 saturated heterocycles. The summed E-state index contributed by atoms with van der Waals surface area (Å²) in [6.07, 6.45) is -0.307. The predicted octanol–water partition coefficient (Wildman–Crippen LogP) is 5.20. The van der Waals surface area contributed by atoms with Gasteiger partial charge in [-0.05, 0) is 50.1 Å². The van der Waals surface area contributed by atoms with Crippen molar-refractivity contribution >= 4 is 45.0 Å². The van der Waals surface area contributed by atoms with E-state index >= 15 is 0 Å². The quantitative estimate of drug-likeness (QED) is 0.549. The molecular formula is C23H23NO5S. The highest BCUT2D eigenvalue weighted by atomic mass is 32.1. The average Bonchev–Trinajstić information content (AvgIpc) is 3.03. The number of thiophene rings is 1. The normalized spacial score (nSPS) is 10.8. The van der Waals surface area contributed by atoms with Gasteiger partial charge in [0.1, 0.15) is 9.88 Å². The van der Waals surface area contributed by atoms with E-state index in [2.05, 4.69) is 5.32 Å². The van der Waals surface area contributed by atoms with E-state index in [1.165, 1.54) is 0 Å². The van der Waals surface area contributed by atoms with Crippen molar-refractivity contribution in [3.63, 3.8) is 0 Å². The van der Waals surface area contributed by atoms with Crippen molar-refractivity contribution in [3.8, 4) is 0 Å². The van der Waals surface area contributed by atoms with E-state index in [-0.39, 0.29) is 34.1 Å². The molecule has 0 fully saturated rings. The average molecular weight is 426 g/mol. The van der Waals surface area contributed by atoms with E-state index in [1.807, 2.05) is 30.3 Å². The van der Waals surface area contributed by atoms with Crippen molar-refractivity contribution in [3.05, 3.63) is 64.0 Å². The topological polar surface area (TPSA) is 81.7 Å². The number of carbonyl (C=O) groups excluding carboxylic acids is 3. The minimum Gasteiger partial charge on any atom is -0.462 e. The zero-order valence-corrected chi connectivity index (χ0v) is 18.1. The van der Waals surface area contributed by atoms with Crippen LogP contribution in [0.4, 0.5) is 5.00 Å². The van der Waals surface area contributed by atoms with Crippen molar-refractivity contribution in [1.82, 2.24) is 0 Å². The molecule has 1 amide bonds. The number of ether oxygens (including phenoxy) is 2. The van der Waals surface area contributed by atoms with E-state index in [0.29, 0.717) is 11.1 Å². The molecule has 0 aliphatic rings. The van der Waals surface area contributed by atoms with Crippen LogP contribution in [0.25, 0.3) is 10.8 Å². The molecule has 0 radical (unpaired) electrons. The summed E-state index contributed by atoms with van der Waals surface area (Å²) in [4.78, 5) is 38.4. The van der Waals surface area contributed by atoms with Crippen LogP contribution in [0.2, 0.25) is 0 Å². The number of esters is 2. The summed E-state index contributed by atoms with van der Waals surface area (Å²) in [6, 6.07) is 13.0. The first-order chi connectivity index (χ1) is 14.3. The Hall–Kier alpha value is -3.19. The van der Waals surface area contributed by atoms with Gasteiger partial charge in [-0.25, -0.2) is 9.59 Å². The summed E-state index contributed by atoms with van der Waals surface area (Å²) >= 11 is 1.01. The smallest absolute Gasteiger partial charge is 0.348 e. The lowest BCUT2D eigenvalue weighted by Crippen LogP contribution is -2.15. The largest absolute Gasteiger partial charge is 0.462 e. The van der Waals surface area contributed by atoms with Gasteiger partial charge in [0.25, 0.3) is 5.91 Å². The Labute approximate surface area is 178 Å². The first-order valence-electron chi connectivity index (χ1n) is 9.64. The van der Waals surface area contributed by atoms with Crippen molar-refractivity contribution < 1.29 is 23.9 Å². The second-order valence-electron chi connectivity index (χ2n) is 6.92. The highest BCUT2D eigenvalue weighted by molar-refractivity contribution is 7.18. The van der Waals surface area contributed by atoms with E-state index < -0.39 is 11.9 Å². The van der Waals surface area contributed by atoms with Crippen LogP contribution < -0.4 is 5.32 Å². The van der Waals surface area contributed by atoms with Crippen molar-refractivity contribution in [1.29, 1.82) is 0 Å². The molecule has 7 heteroatoms. The molecule has 0 saturated carbocycles. The summed E-state index contributed by atoms with van der Waals surface area (Å²) in [5.41, 5.74) is 1.07. The standard InChI is InChI=1S/C23H23NO5S/c1-5-28-22(26)18-14(4)19(23(27)29-13(2)3)30-21(18)24-20(25)17-12-8-10-15-9-6-7-11-16(15)17/h6-13H,5H2,1-4H3,(H,24,25). The molecule has 1 N–H and O–H groups in total. The molecule has 2 aromatic carbocycles. The maximum atomic E-state index is 13.1. The first-order valence-corrected chi connectivity index (χ1v) is 10.5. The SMILES string of the molecule is CCOC(=O)c1c(NC(=O)c2cccc3ccccc23)sc(C(=O)OC(C)C)c1C. The van der Waals surface area contributed by atoms with Gasteiger partial charge in [0, 0.05) is 5.56 Å². The molecule has 0 bridgehead atoms. The highest BCUT2D eigenvalue weighted by Crippen LogP contribution is 2.35. The lowest BCUT2D eigenvalue weighted by atomic mass is 10.0. The van der Waals surface area contributed by atoms with Gasteiger partial charge in [0.2, 0.25) is 0 Å². The molecule has 0 spiro atoms. The summed E-state index contributed by atoms with van der Waals surface area (Å²) in [7, 11) is 0. The van der Waals surface area contributed by atoms with Gasteiger partial charge in [-0.2, -0.15) is 0 Å². The maximum absolute atomic E-state index is 13.1. The molecule has 1 aromatic heterocycles. The molecule has 1 heterocycles. The van der Waals surface area contributed by atoms with Crippen molar-refractivity contribution in [2.24, 2.45) is 0 Å². The Balaban J connectivity index is 2.02. The van der Waals surface area contributed by atoms with Gasteiger partial charge < -0.3 is 14.8 Å². The molecule has 3 rings (SSSR count). The number of benzene rings is 2. The third-order valence-electron chi connectivity index (χ3n) is 4.42. The van der Waals surface area contributed by atoms with Crippen LogP contribution in [0.15, 0.2) is 42.5 Å². The van der Waals surface area contributed by atoms with Gasteiger partial charge in [0.15, 0.2) is 0 Å². The minimum atomic E-state index is -0.594. The Morgan fingerprint density at radius 2 is 1.73 bits per heavy atom. The third kappa shape index (κ3) is 4.36. The molecule has 0 unspecified atom stereocenters. The Bertz CT molecular complexity index is 1110. The van der Waals surface area contributed by atoms with Crippen LogP contribution in [0.5, 0.6) is 0 Å². The Morgan fingerprint density at radius 1 is 1.03 bits per heavy atom. The summed E-state index contributed by atoms with van der Waals surface area (Å²) in [5.74, 6) is -1.51. The maximum Gasteiger partial charge on any atom is 0.348 e. The zero-order valence-electron chi connectivity index (χ0n) is 17.3.